The lowest BCUT2D eigenvalue weighted by Crippen LogP contribution is -2.60. The van der Waals surface area contributed by atoms with Gasteiger partial charge in [-0.1, -0.05) is 38.2 Å². The van der Waals surface area contributed by atoms with Gasteiger partial charge >= 0.3 is 5.97 Å². The van der Waals surface area contributed by atoms with Crippen molar-refractivity contribution in [2.45, 2.75) is 56.9 Å². The molecule has 5 rings (SSSR count). The van der Waals surface area contributed by atoms with Crippen molar-refractivity contribution in [2.75, 3.05) is 59.2 Å². The number of ether oxygens (including phenoxy) is 3. The van der Waals surface area contributed by atoms with E-state index in [9.17, 15) is 19.5 Å². The third-order valence-corrected chi connectivity index (χ3v) is 8.88. The number of fused-ring (bicyclic) bond motifs is 2. The third-order valence-electron chi connectivity index (χ3n) is 8.88. The quantitative estimate of drug-likeness (QED) is 0.392. The van der Waals surface area contributed by atoms with Crippen molar-refractivity contribution in [2.24, 2.45) is 17.8 Å². The minimum Gasteiger partial charge on any atom is -0.465 e. The van der Waals surface area contributed by atoms with Gasteiger partial charge in [-0.05, 0) is 25.7 Å². The van der Waals surface area contributed by atoms with Crippen LogP contribution in [0.15, 0.2) is 24.3 Å². The number of hydrogen-bond donors (Lipinski definition) is 1. The zero-order valence-corrected chi connectivity index (χ0v) is 22.7. The maximum absolute atomic E-state index is 14.4. The van der Waals surface area contributed by atoms with Gasteiger partial charge in [0.05, 0.1) is 44.0 Å². The van der Waals surface area contributed by atoms with E-state index in [1.807, 2.05) is 45.1 Å². The minimum atomic E-state index is -1.34. The SMILES string of the molecule is CC(C)[C@H](CO)N1C(=O)[C@@H]2[C@@H]3C(=O)OCCC/C=C\[C@]3(C)O[C@@]23C=CCN(CCN2CCOCC2)C(=O)C13. The average Bonchev–Trinajstić information content (AvgIpc) is 3.24. The van der Waals surface area contributed by atoms with Gasteiger partial charge in [-0.25, -0.2) is 0 Å². The maximum Gasteiger partial charge on any atom is 0.313 e. The topological polar surface area (TPSA) is 109 Å². The van der Waals surface area contributed by atoms with Crippen LogP contribution in [0.3, 0.4) is 0 Å². The van der Waals surface area contributed by atoms with Gasteiger partial charge in [0.2, 0.25) is 11.8 Å². The Morgan fingerprint density at radius 3 is 2.50 bits per heavy atom. The molecular formula is C28H41N3O7. The minimum absolute atomic E-state index is 0.111. The Labute approximate surface area is 224 Å². The Morgan fingerprint density at radius 2 is 1.79 bits per heavy atom. The van der Waals surface area contributed by atoms with Crippen molar-refractivity contribution in [3.8, 4) is 0 Å². The predicted octanol–water partition coefficient (Wildman–Crippen LogP) is 0.598. The van der Waals surface area contributed by atoms with Crippen molar-refractivity contribution in [3.05, 3.63) is 24.3 Å². The normalized spacial score (nSPS) is 37.6. The molecule has 5 aliphatic rings. The lowest BCUT2D eigenvalue weighted by atomic mass is 9.74. The first-order valence-electron chi connectivity index (χ1n) is 14.0. The first-order valence-corrected chi connectivity index (χ1v) is 14.0. The molecule has 10 heteroatoms. The number of morpholine rings is 1. The first kappa shape index (κ1) is 27.3. The van der Waals surface area contributed by atoms with Gasteiger partial charge in [0.15, 0.2) is 0 Å². The summed E-state index contributed by atoms with van der Waals surface area (Å²) in [6.45, 7) is 10.2. The zero-order chi connectivity index (χ0) is 27.1. The van der Waals surface area contributed by atoms with E-state index in [4.69, 9.17) is 14.2 Å². The van der Waals surface area contributed by atoms with Gasteiger partial charge in [0.25, 0.3) is 0 Å². The summed E-state index contributed by atoms with van der Waals surface area (Å²) < 4.78 is 17.9. The smallest absolute Gasteiger partial charge is 0.313 e. The molecule has 0 bridgehead atoms. The number of aliphatic hydroxyl groups excluding tert-OH is 1. The summed E-state index contributed by atoms with van der Waals surface area (Å²) in [6.07, 6.45) is 9.01. The summed E-state index contributed by atoms with van der Waals surface area (Å²) >= 11 is 0. The van der Waals surface area contributed by atoms with Gasteiger partial charge in [0.1, 0.15) is 17.6 Å². The van der Waals surface area contributed by atoms with Crippen LogP contribution >= 0.6 is 0 Å². The Morgan fingerprint density at radius 1 is 1.03 bits per heavy atom. The Hall–Kier alpha value is -2.27. The van der Waals surface area contributed by atoms with Gasteiger partial charge in [-0.15, -0.1) is 0 Å². The number of nitrogens with zero attached hydrogens (tertiary/aromatic N) is 3. The average molecular weight is 532 g/mol. The van der Waals surface area contributed by atoms with Crippen molar-refractivity contribution in [3.63, 3.8) is 0 Å². The number of aliphatic hydroxyl groups is 1. The van der Waals surface area contributed by atoms with Gasteiger partial charge in [-0.3, -0.25) is 19.3 Å². The highest BCUT2D eigenvalue weighted by Gasteiger charge is 2.75. The number of carbonyl (C=O) groups is 3. The Kier molecular flexibility index (Phi) is 7.70. The molecule has 3 fully saturated rings. The molecule has 2 amide bonds. The maximum atomic E-state index is 14.4. The molecule has 0 radical (unpaired) electrons. The Bertz CT molecular complexity index is 993. The van der Waals surface area contributed by atoms with Crippen molar-refractivity contribution in [1.29, 1.82) is 0 Å². The zero-order valence-electron chi connectivity index (χ0n) is 22.7. The van der Waals surface area contributed by atoms with E-state index in [2.05, 4.69) is 4.90 Å². The standard InChI is InChI=1S/C28H41N3O7/c1-19(2)20(18-32)31-23-25(34)30(12-11-29-13-16-36-17-14-29)10-7-9-28(23)21(24(31)33)22-26(35)37-15-6-4-5-8-27(22,3)38-28/h5,7-9,19-23,32H,4,6,10-18H2,1-3H3/b8-5-/t20-,21-,22+,23?,27-,28-/m0/s1. The highest BCUT2D eigenvalue weighted by molar-refractivity contribution is 5.99. The molecule has 0 aliphatic carbocycles. The fraction of sp³-hybridized carbons (Fsp3) is 0.750. The van der Waals surface area contributed by atoms with Gasteiger partial charge in [-0.2, -0.15) is 0 Å². The number of amides is 2. The van der Waals surface area contributed by atoms with Crippen LogP contribution in [0.1, 0.15) is 33.6 Å². The van der Waals surface area contributed by atoms with Crippen LogP contribution in [-0.4, -0.2) is 120 Å². The van der Waals surface area contributed by atoms with Crippen molar-refractivity contribution in [1.82, 2.24) is 14.7 Å². The fourth-order valence-electron chi connectivity index (χ4n) is 6.89. The monoisotopic (exact) mass is 531 g/mol. The van der Waals surface area contributed by atoms with E-state index in [1.54, 1.807) is 4.90 Å². The van der Waals surface area contributed by atoms with E-state index in [-0.39, 0.29) is 30.9 Å². The molecule has 0 aromatic carbocycles. The molecule has 0 aromatic heterocycles. The molecule has 210 valence electrons. The second kappa shape index (κ2) is 10.7. The number of esters is 1. The second-order valence-electron chi connectivity index (χ2n) is 11.6. The van der Waals surface area contributed by atoms with Crippen LogP contribution in [-0.2, 0) is 28.6 Å². The van der Waals surface area contributed by atoms with Gasteiger partial charge < -0.3 is 29.1 Å². The summed E-state index contributed by atoms with van der Waals surface area (Å²) in [5.74, 6) is -2.98. The second-order valence-corrected chi connectivity index (χ2v) is 11.6. The Balaban J connectivity index is 1.55. The van der Waals surface area contributed by atoms with Crippen molar-refractivity contribution >= 4 is 17.8 Å². The van der Waals surface area contributed by atoms with E-state index in [1.165, 1.54) is 4.90 Å². The first-order chi connectivity index (χ1) is 18.2. The molecule has 1 spiro atoms. The molecule has 38 heavy (non-hydrogen) atoms. The lowest BCUT2D eigenvalue weighted by Gasteiger charge is -2.41. The molecular weight excluding hydrogens is 490 g/mol. The lowest BCUT2D eigenvalue weighted by molar-refractivity contribution is -0.162. The van der Waals surface area contributed by atoms with E-state index >= 15 is 0 Å². The molecule has 10 nitrogen and oxygen atoms in total. The summed E-state index contributed by atoms with van der Waals surface area (Å²) in [5, 5.41) is 10.4. The van der Waals surface area contributed by atoms with Crippen LogP contribution in [0.5, 0.6) is 0 Å². The van der Waals surface area contributed by atoms with E-state index in [0.717, 1.165) is 19.5 Å². The molecule has 0 saturated carbocycles. The fourth-order valence-corrected chi connectivity index (χ4v) is 6.89. The van der Waals surface area contributed by atoms with Crippen molar-refractivity contribution < 1.29 is 33.7 Å². The number of rotatable bonds is 6. The molecule has 5 aliphatic heterocycles. The molecule has 1 N–H and O–H groups in total. The molecule has 0 aromatic rings. The summed E-state index contributed by atoms with van der Waals surface area (Å²) in [5.41, 5.74) is -2.45. The number of carbonyl (C=O) groups excluding carboxylic acids is 3. The van der Waals surface area contributed by atoms with Crippen LogP contribution in [0.4, 0.5) is 0 Å². The largest absolute Gasteiger partial charge is 0.465 e. The number of allylic oxidation sites excluding steroid dienone is 1. The summed E-state index contributed by atoms with van der Waals surface area (Å²) in [7, 11) is 0. The number of likely N-dealkylation sites (tertiary alicyclic amines) is 1. The van der Waals surface area contributed by atoms with Crippen LogP contribution in [0.25, 0.3) is 0 Å². The van der Waals surface area contributed by atoms with Crippen LogP contribution < -0.4 is 0 Å². The molecule has 3 saturated heterocycles. The summed E-state index contributed by atoms with van der Waals surface area (Å²) in [6, 6.07) is -1.58. The highest BCUT2D eigenvalue weighted by Crippen LogP contribution is 2.57. The van der Waals surface area contributed by atoms with E-state index < -0.39 is 41.1 Å². The number of cyclic esters (lactones) is 1. The van der Waals surface area contributed by atoms with Gasteiger partial charge in [0, 0.05) is 32.7 Å². The van der Waals surface area contributed by atoms with Crippen LogP contribution in [0, 0.1) is 17.8 Å². The molecule has 6 atom stereocenters. The third kappa shape index (κ3) is 4.49. The predicted molar refractivity (Wildman–Crippen MR) is 138 cm³/mol. The summed E-state index contributed by atoms with van der Waals surface area (Å²) in [4.78, 5) is 47.7. The van der Waals surface area contributed by atoms with E-state index in [0.29, 0.717) is 39.3 Å². The van der Waals surface area contributed by atoms with Crippen LogP contribution in [0.2, 0.25) is 0 Å². The molecule has 1 unspecified atom stereocenters. The number of hydrogen-bond acceptors (Lipinski definition) is 8. The molecule has 5 heterocycles. The highest BCUT2D eigenvalue weighted by atomic mass is 16.6.